The average molecular weight is 373 g/mol. The number of carbonyl (C=O) groups excluding carboxylic acids is 1. The zero-order chi connectivity index (χ0) is 19.5. The van der Waals surface area contributed by atoms with Crippen LogP contribution in [0.3, 0.4) is 0 Å². The van der Waals surface area contributed by atoms with Gasteiger partial charge in [0.2, 0.25) is 11.9 Å². The number of H-pyrrole nitrogens is 1. The molecule has 4 aromatic rings. The van der Waals surface area contributed by atoms with Crippen molar-refractivity contribution in [1.29, 1.82) is 0 Å². The number of hydrogen-bond donors (Lipinski definition) is 2. The molecule has 0 spiro atoms. The van der Waals surface area contributed by atoms with Gasteiger partial charge < -0.3 is 4.98 Å². The maximum atomic E-state index is 12.4. The zero-order valence-corrected chi connectivity index (χ0v) is 15.3. The number of benzene rings is 2. The van der Waals surface area contributed by atoms with E-state index in [9.17, 15) is 9.59 Å². The minimum atomic E-state index is -0.382. The van der Waals surface area contributed by atoms with Crippen LogP contribution in [0.1, 0.15) is 12.5 Å². The van der Waals surface area contributed by atoms with Crippen LogP contribution in [0, 0.1) is 0 Å². The molecule has 0 fully saturated rings. The number of para-hydroxylation sites is 2. The Balaban J connectivity index is 1.53. The topological polar surface area (TPSA) is 92.7 Å². The monoisotopic (exact) mass is 373 g/mol. The SMILES string of the molecule is CCc1ccc(-c2ccc(=O)n(CC(=O)Nc3nc4ccccc4[nH]3)n2)cc1. The molecule has 7 heteroatoms. The lowest BCUT2D eigenvalue weighted by molar-refractivity contribution is -0.117. The van der Waals surface area contributed by atoms with Crippen LogP contribution in [0.25, 0.3) is 22.3 Å². The molecule has 2 aromatic carbocycles. The van der Waals surface area contributed by atoms with E-state index in [1.54, 1.807) is 6.07 Å². The number of nitrogens with zero attached hydrogens (tertiary/aromatic N) is 3. The van der Waals surface area contributed by atoms with Gasteiger partial charge in [0, 0.05) is 11.6 Å². The Bertz CT molecular complexity index is 1160. The third-order valence-electron chi connectivity index (χ3n) is 4.47. The van der Waals surface area contributed by atoms with Crippen LogP contribution in [-0.4, -0.2) is 25.7 Å². The molecule has 0 saturated heterocycles. The van der Waals surface area contributed by atoms with Crippen molar-refractivity contribution in [3.63, 3.8) is 0 Å². The number of carbonyl (C=O) groups is 1. The number of aromatic amines is 1. The van der Waals surface area contributed by atoms with Crippen molar-refractivity contribution in [1.82, 2.24) is 19.7 Å². The summed E-state index contributed by atoms with van der Waals surface area (Å²) in [6, 6.07) is 18.5. The first-order valence-corrected chi connectivity index (χ1v) is 9.04. The first-order valence-electron chi connectivity index (χ1n) is 9.04. The van der Waals surface area contributed by atoms with Crippen molar-refractivity contribution in [2.45, 2.75) is 19.9 Å². The highest BCUT2D eigenvalue weighted by atomic mass is 16.2. The number of amides is 1. The van der Waals surface area contributed by atoms with Gasteiger partial charge in [-0.05, 0) is 30.2 Å². The molecule has 28 heavy (non-hydrogen) atoms. The molecule has 140 valence electrons. The molecule has 2 N–H and O–H groups in total. The number of imidazole rings is 1. The van der Waals surface area contributed by atoms with Crippen LogP contribution in [0.2, 0.25) is 0 Å². The number of fused-ring (bicyclic) bond motifs is 1. The van der Waals surface area contributed by atoms with Gasteiger partial charge in [0.25, 0.3) is 5.56 Å². The second-order valence-corrected chi connectivity index (χ2v) is 6.42. The molecule has 0 atom stereocenters. The molecule has 0 aliphatic rings. The summed E-state index contributed by atoms with van der Waals surface area (Å²) in [4.78, 5) is 31.8. The number of anilines is 1. The Labute approximate surface area is 161 Å². The van der Waals surface area contributed by atoms with Gasteiger partial charge >= 0.3 is 0 Å². The molecule has 7 nitrogen and oxygen atoms in total. The van der Waals surface area contributed by atoms with Gasteiger partial charge in [0.1, 0.15) is 6.54 Å². The van der Waals surface area contributed by atoms with E-state index in [-0.39, 0.29) is 18.0 Å². The highest BCUT2D eigenvalue weighted by Crippen LogP contribution is 2.17. The number of aromatic nitrogens is 4. The van der Waals surface area contributed by atoms with Gasteiger partial charge in [-0.2, -0.15) is 5.10 Å². The standard InChI is InChI=1S/C21H19N5O2/c1-2-14-7-9-15(10-8-14)16-11-12-20(28)26(25-16)13-19(27)24-21-22-17-5-3-4-6-18(17)23-21/h3-12H,2,13H2,1H3,(H2,22,23,24,27). The summed E-state index contributed by atoms with van der Waals surface area (Å²) >= 11 is 0. The Kier molecular flexibility index (Phi) is 4.72. The summed E-state index contributed by atoms with van der Waals surface area (Å²) < 4.78 is 1.15. The highest BCUT2D eigenvalue weighted by Gasteiger charge is 2.10. The molecule has 2 aromatic heterocycles. The Morgan fingerprint density at radius 1 is 1.07 bits per heavy atom. The summed E-state index contributed by atoms with van der Waals surface area (Å²) in [5, 5.41) is 7.01. The normalized spacial score (nSPS) is 10.9. The summed E-state index contributed by atoms with van der Waals surface area (Å²) in [6.45, 7) is 1.89. The predicted molar refractivity (Wildman–Crippen MR) is 108 cm³/mol. The van der Waals surface area contributed by atoms with Gasteiger partial charge in [0.05, 0.1) is 16.7 Å². The molecule has 1 amide bonds. The number of rotatable bonds is 5. The molecule has 0 saturated carbocycles. The molecule has 4 rings (SSSR count). The fourth-order valence-corrected chi connectivity index (χ4v) is 2.95. The van der Waals surface area contributed by atoms with Gasteiger partial charge in [-0.15, -0.1) is 0 Å². The van der Waals surface area contributed by atoms with Crippen molar-refractivity contribution >= 4 is 22.9 Å². The minimum Gasteiger partial charge on any atom is -0.324 e. The number of hydrogen-bond acceptors (Lipinski definition) is 4. The van der Waals surface area contributed by atoms with Crippen LogP contribution in [0.5, 0.6) is 0 Å². The van der Waals surface area contributed by atoms with Crippen molar-refractivity contribution in [3.8, 4) is 11.3 Å². The maximum Gasteiger partial charge on any atom is 0.267 e. The van der Waals surface area contributed by atoms with Gasteiger partial charge in [-0.25, -0.2) is 9.67 Å². The van der Waals surface area contributed by atoms with Crippen LogP contribution in [-0.2, 0) is 17.8 Å². The molecule has 0 aliphatic carbocycles. The van der Waals surface area contributed by atoms with Crippen molar-refractivity contribution < 1.29 is 4.79 Å². The Hall–Kier alpha value is -3.74. The molecule has 0 bridgehead atoms. The van der Waals surface area contributed by atoms with Crippen LogP contribution in [0.15, 0.2) is 65.5 Å². The second kappa shape index (κ2) is 7.48. The van der Waals surface area contributed by atoms with E-state index in [1.165, 1.54) is 11.6 Å². The third kappa shape index (κ3) is 3.68. The van der Waals surface area contributed by atoms with E-state index in [2.05, 4.69) is 27.3 Å². The van der Waals surface area contributed by atoms with E-state index in [0.717, 1.165) is 27.7 Å². The molecule has 0 unspecified atom stereocenters. The van der Waals surface area contributed by atoms with Crippen LogP contribution in [0.4, 0.5) is 5.95 Å². The lowest BCUT2D eigenvalue weighted by Gasteiger charge is -2.07. The lowest BCUT2D eigenvalue weighted by atomic mass is 10.1. The Morgan fingerprint density at radius 2 is 1.86 bits per heavy atom. The van der Waals surface area contributed by atoms with Crippen LogP contribution < -0.4 is 10.9 Å². The average Bonchev–Trinajstić information content (AvgIpc) is 3.12. The summed E-state index contributed by atoms with van der Waals surface area (Å²) in [7, 11) is 0. The summed E-state index contributed by atoms with van der Waals surface area (Å²) in [5.74, 6) is -0.0438. The van der Waals surface area contributed by atoms with E-state index in [4.69, 9.17) is 0 Å². The van der Waals surface area contributed by atoms with Gasteiger partial charge in [-0.1, -0.05) is 43.3 Å². The summed E-state index contributed by atoms with van der Waals surface area (Å²) in [6.07, 6.45) is 0.954. The fraction of sp³-hybridized carbons (Fsp3) is 0.143. The number of aryl methyl sites for hydroxylation is 1. The maximum absolute atomic E-state index is 12.4. The minimum absolute atomic E-state index is 0.198. The first kappa shape index (κ1) is 17.7. The van der Waals surface area contributed by atoms with Crippen LogP contribution >= 0.6 is 0 Å². The smallest absolute Gasteiger partial charge is 0.267 e. The van der Waals surface area contributed by atoms with E-state index in [1.807, 2.05) is 48.5 Å². The molecular weight excluding hydrogens is 354 g/mol. The van der Waals surface area contributed by atoms with E-state index in [0.29, 0.717) is 11.6 Å². The van der Waals surface area contributed by atoms with Gasteiger partial charge in [-0.3, -0.25) is 14.9 Å². The third-order valence-corrected chi connectivity index (χ3v) is 4.47. The first-order chi connectivity index (χ1) is 13.6. The Morgan fingerprint density at radius 3 is 2.61 bits per heavy atom. The largest absolute Gasteiger partial charge is 0.324 e. The van der Waals surface area contributed by atoms with Crippen molar-refractivity contribution in [3.05, 3.63) is 76.6 Å². The molecule has 2 heterocycles. The highest BCUT2D eigenvalue weighted by molar-refractivity contribution is 5.90. The van der Waals surface area contributed by atoms with Crippen molar-refractivity contribution in [2.24, 2.45) is 0 Å². The number of nitrogens with one attached hydrogen (secondary N) is 2. The van der Waals surface area contributed by atoms with E-state index < -0.39 is 0 Å². The quantitative estimate of drug-likeness (QED) is 0.562. The fourth-order valence-electron chi connectivity index (χ4n) is 2.95. The zero-order valence-electron chi connectivity index (χ0n) is 15.3. The summed E-state index contributed by atoms with van der Waals surface area (Å²) in [5.41, 5.74) is 4.00. The second-order valence-electron chi connectivity index (χ2n) is 6.42. The molecular formula is C21H19N5O2. The van der Waals surface area contributed by atoms with Crippen molar-refractivity contribution in [2.75, 3.05) is 5.32 Å². The van der Waals surface area contributed by atoms with Gasteiger partial charge in [0.15, 0.2) is 0 Å². The lowest BCUT2D eigenvalue weighted by Crippen LogP contribution is -2.29. The van der Waals surface area contributed by atoms with E-state index >= 15 is 0 Å². The predicted octanol–water partition coefficient (Wildman–Crippen LogP) is 2.99. The molecule has 0 aliphatic heterocycles. The molecule has 0 radical (unpaired) electrons.